The number of benzene rings is 2. The van der Waals surface area contributed by atoms with E-state index in [9.17, 15) is 4.79 Å². The number of carbonyl (C=O) groups excluding carboxylic acids is 1. The molecule has 138 valence electrons. The van der Waals surface area contributed by atoms with Crippen LogP contribution in [0.15, 0.2) is 48.5 Å². The van der Waals surface area contributed by atoms with E-state index in [1.807, 2.05) is 11.8 Å². The van der Waals surface area contributed by atoms with Crippen molar-refractivity contribution in [3.05, 3.63) is 70.8 Å². The molecule has 1 aliphatic rings. The molecule has 1 saturated heterocycles. The Balaban J connectivity index is 1.60. The lowest BCUT2D eigenvalue weighted by atomic mass is 10.0. The molecule has 2 aromatic rings. The van der Waals surface area contributed by atoms with E-state index in [1.54, 1.807) is 0 Å². The summed E-state index contributed by atoms with van der Waals surface area (Å²) in [7, 11) is 0. The van der Waals surface area contributed by atoms with Gasteiger partial charge in [0.1, 0.15) is 0 Å². The fraction of sp³-hybridized carbons (Fsp3) is 0.435. The van der Waals surface area contributed by atoms with Gasteiger partial charge in [-0.1, -0.05) is 62.4 Å². The summed E-state index contributed by atoms with van der Waals surface area (Å²) < 4.78 is 0. The van der Waals surface area contributed by atoms with E-state index in [4.69, 9.17) is 0 Å². The topological polar surface area (TPSA) is 20.3 Å². The van der Waals surface area contributed by atoms with E-state index in [0.717, 1.165) is 30.8 Å². The molecule has 1 amide bonds. The van der Waals surface area contributed by atoms with Crippen molar-refractivity contribution in [1.29, 1.82) is 0 Å². The van der Waals surface area contributed by atoms with E-state index in [0.29, 0.717) is 17.6 Å². The number of nitrogens with zero attached hydrogens (tertiary/aromatic N) is 1. The van der Waals surface area contributed by atoms with Crippen LogP contribution in [0.4, 0.5) is 0 Å². The van der Waals surface area contributed by atoms with Crippen LogP contribution in [0.25, 0.3) is 0 Å². The molecule has 1 atom stereocenters. The molecule has 3 heteroatoms. The highest BCUT2D eigenvalue weighted by Crippen LogP contribution is 2.36. The molecule has 0 N–H and O–H groups in total. The Kier molecular flexibility index (Phi) is 6.42. The first-order chi connectivity index (χ1) is 12.5. The Morgan fingerprint density at radius 2 is 1.85 bits per heavy atom. The summed E-state index contributed by atoms with van der Waals surface area (Å²) in [5, 5.41) is 0.499. The fourth-order valence-electron chi connectivity index (χ4n) is 3.52. The van der Waals surface area contributed by atoms with Crippen molar-refractivity contribution in [1.82, 2.24) is 4.90 Å². The van der Waals surface area contributed by atoms with Gasteiger partial charge in [-0.15, -0.1) is 0 Å². The van der Waals surface area contributed by atoms with Gasteiger partial charge in [-0.2, -0.15) is 11.8 Å². The third-order valence-electron chi connectivity index (χ3n) is 5.23. The van der Waals surface area contributed by atoms with Gasteiger partial charge in [-0.3, -0.25) is 4.79 Å². The van der Waals surface area contributed by atoms with Crippen molar-refractivity contribution in [2.45, 2.75) is 44.8 Å². The number of amides is 1. The average Bonchev–Trinajstić information content (AvgIpc) is 2.89. The number of hydrogen-bond acceptors (Lipinski definition) is 2. The molecular formula is C23H29NOS. The number of hydrogen-bond donors (Lipinski definition) is 0. The molecule has 1 aliphatic heterocycles. The molecule has 26 heavy (non-hydrogen) atoms. The summed E-state index contributed by atoms with van der Waals surface area (Å²) in [6.45, 7) is 8.29. The lowest BCUT2D eigenvalue weighted by molar-refractivity contribution is -0.130. The van der Waals surface area contributed by atoms with Gasteiger partial charge in [-0.05, 0) is 41.5 Å². The minimum Gasteiger partial charge on any atom is -0.342 e. The quantitative estimate of drug-likeness (QED) is 0.724. The molecule has 0 aromatic heterocycles. The Morgan fingerprint density at radius 3 is 2.54 bits per heavy atom. The van der Waals surface area contributed by atoms with Crippen LogP contribution in [0, 0.1) is 6.92 Å². The van der Waals surface area contributed by atoms with Gasteiger partial charge in [-0.25, -0.2) is 0 Å². The lowest BCUT2D eigenvalue weighted by Gasteiger charge is -2.21. The third kappa shape index (κ3) is 4.70. The van der Waals surface area contributed by atoms with E-state index in [-0.39, 0.29) is 5.91 Å². The molecular weight excluding hydrogens is 338 g/mol. The highest BCUT2D eigenvalue weighted by Gasteiger charge is 2.22. The second-order valence-electron chi connectivity index (χ2n) is 7.46. The normalized spacial score (nSPS) is 18.0. The second kappa shape index (κ2) is 8.77. The third-order valence-corrected chi connectivity index (χ3v) is 6.54. The molecule has 1 unspecified atom stereocenters. The predicted molar refractivity (Wildman–Crippen MR) is 112 cm³/mol. The van der Waals surface area contributed by atoms with E-state index < -0.39 is 0 Å². The number of aryl methyl sites for hydroxylation is 1. The van der Waals surface area contributed by atoms with Gasteiger partial charge in [0.2, 0.25) is 5.91 Å². The van der Waals surface area contributed by atoms with Gasteiger partial charge >= 0.3 is 0 Å². The Labute approximate surface area is 162 Å². The molecule has 0 radical (unpaired) electrons. The summed E-state index contributed by atoms with van der Waals surface area (Å²) in [4.78, 5) is 14.8. The van der Waals surface area contributed by atoms with Crippen LogP contribution in [0.3, 0.4) is 0 Å². The van der Waals surface area contributed by atoms with Crippen LogP contribution < -0.4 is 0 Å². The first kappa shape index (κ1) is 19.0. The zero-order valence-electron chi connectivity index (χ0n) is 16.1. The van der Waals surface area contributed by atoms with E-state index in [2.05, 4.69) is 74.2 Å². The zero-order chi connectivity index (χ0) is 18.5. The molecule has 0 aliphatic carbocycles. The minimum atomic E-state index is 0.258. The molecule has 0 spiro atoms. The van der Waals surface area contributed by atoms with Crippen molar-refractivity contribution in [3.63, 3.8) is 0 Å². The van der Waals surface area contributed by atoms with Crippen molar-refractivity contribution in [3.8, 4) is 0 Å². The summed E-state index contributed by atoms with van der Waals surface area (Å²) in [6.07, 6.45) is 1.55. The van der Waals surface area contributed by atoms with Crippen LogP contribution >= 0.6 is 11.8 Å². The fourth-order valence-corrected chi connectivity index (χ4v) is 4.85. The maximum atomic E-state index is 12.8. The Bertz CT molecular complexity index is 738. The van der Waals surface area contributed by atoms with Gasteiger partial charge < -0.3 is 4.90 Å². The van der Waals surface area contributed by atoms with E-state index >= 15 is 0 Å². The summed E-state index contributed by atoms with van der Waals surface area (Å²) in [6, 6.07) is 17.2. The van der Waals surface area contributed by atoms with Crippen LogP contribution in [-0.4, -0.2) is 29.6 Å². The SMILES string of the molecule is Cc1ccccc1C1CCN(C(=O)Cc2ccc(C(C)C)cc2)CCS1. The van der Waals surface area contributed by atoms with Crippen molar-refractivity contribution in [2.75, 3.05) is 18.8 Å². The van der Waals surface area contributed by atoms with Crippen molar-refractivity contribution in [2.24, 2.45) is 0 Å². The summed E-state index contributed by atoms with van der Waals surface area (Å²) in [5.41, 5.74) is 5.23. The Morgan fingerprint density at radius 1 is 1.12 bits per heavy atom. The maximum Gasteiger partial charge on any atom is 0.227 e. The standard InChI is InChI=1S/C23H29NOS/c1-17(2)20-10-8-19(9-11-20)16-23(25)24-13-12-22(26-15-14-24)21-7-5-4-6-18(21)3/h4-11,17,22H,12-16H2,1-3H3. The predicted octanol–water partition coefficient (Wildman–Crippen LogP) is 5.37. The van der Waals surface area contributed by atoms with Gasteiger partial charge in [0, 0.05) is 24.1 Å². The van der Waals surface area contributed by atoms with Gasteiger partial charge in [0.05, 0.1) is 6.42 Å². The molecule has 1 heterocycles. The van der Waals surface area contributed by atoms with Crippen LogP contribution in [0.1, 0.15) is 53.7 Å². The van der Waals surface area contributed by atoms with Crippen molar-refractivity contribution < 1.29 is 4.79 Å². The summed E-state index contributed by atoms with van der Waals surface area (Å²) >= 11 is 1.99. The zero-order valence-corrected chi connectivity index (χ0v) is 16.9. The van der Waals surface area contributed by atoms with Crippen LogP contribution in [0.5, 0.6) is 0 Å². The van der Waals surface area contributed by atoms with Gasteiger partial charge in [0.25, 0.3) is 0 Å². The van der Waals surface area contributed by atoms with Gasteiger partial charge in [0.15, 0.2) is 0 Å². The number of carbonyl (C=O) groups is 1. The van der Waals surface area contributed by atoms with Crippen LogP contribution in [-0.2, 0) is 11.2 Å². The second-order valence-corrected chi connectivity index (χ2v) is 8.77. The highest BCUT2D eigenvalue weighted by molar-refractivity contribution is 7.99. The van der Waals surface area contributed by atoms with Crippen molar-refractivity contribution >= 4 is 17.7 Å². The molecule has 0 saturated carbocycles. The lowest BCUT2D eigenvalue weighted by Crippen LogP contribution is -2.34. The minimum absolute atomic E-state index is 0.258. The Hall–Kier alpha value is -1.74. The average molecular weight is 368 g/mol. The molecule has 2 aromatic carbocycles. The largest absolute Gasteiger partial charge is 0.342 e. The molecule has 0 bridgehead atoms. The number of rotatable bonds is 4. The van der Waals surface area contributed by atoms with Crippen LogP contribution in [0.2, 0.25) is 0 Å². The monoisotopic (exact) mass is 367 g/mol. The first-order valence-electron chi connectivity index (χ1n) is 9.58. The first-order valence-corrected chi connectivity index (χ1v) is 10.6. The highest BCUT2D eigenvalue weighted by atomic mass is 32.2. The summed E-state index contributed by atoms with van der Waals surface area (Å²) in [5.74, 6) is 1.80. The molecule has 2 nitrogen and oxygen atoms in total. The van der Waals surface area contributed by atoms with E-state index in [1.165, 1.54) is 16.7 Å². The molecule has 3 rings (SSSR count). The smallest absolute Gasteiger partial charge is 0.227 e. The maximum absolute atomic E-state index is 12.8. The number of thioether (sulfide) groups is 1. The molecule has 1 fully saturated rings.